The van der Waals surface area contributed by atoms with Gasteiger partial charge in [0, 0.05) is 23.7 Å². The molecular weight excluding hydrogens is 339 g/mol. The fourth-order valence-electron chi connectivity index (χ4n) is 3.95. The molecule has 1 unspecified atom stereocenters. The minimum absolute atomic E-state index is 0.00847. The topological polar surface area (TPSA) is 58.2 Å². The maximum atomic E-state index is 13.5. The first-order chi connectivity index (χ1) is 11.9. The summed E-state index contributed by atoms with van der Waals surface area (Å²) in [4.78, 5) is 0.218. The normalized spacial score (nSPS) is 25.6. The monoisotopic (exact) mass is 360 g/mol. The summed E-state index contributed by atoms with van der Waals surface area (Å²) in [5, 5.41) is 7.01. The number of sulfone groups is 1. The lowest BCUT2D eigenvalue weighted by Gasteiger charge is -2.18. The molecule has 1 saturated heterocycles. The van der Waals surface area contributed by atoms with E-state index < -0.39 is 15.7 Å². The smallest absolute Gasteiger partial charge is 0.206 e. The molecule has 0 amide bonds. The van der Waals surface area contributed by atoms with Gasteiger partial charge in [0.05, 0.1) is 9.79 Å². The van der Waals surface area contributed by atoms with Crippen LogP contribution in [-0.4, -0.2) is 27.0 Å². The first-order valence-corrected chi connectivity index (χ1v) is 10.1. The highest BCUT2D eigenvalue weighted by Crippen LogP contribution is 2.42. The van der Waals surface area contributed by atoms with Crippen LogP contribution in [0.15, 0.2) is 52.3 Å². The van der Waals surface area contributed by atoms with Gasteiger partial charge >= 0.3 is 0 Å². The van der Waals surface area contributed by atoms with Crippen molar-refractivity contribution in [1.82, 2.24) is 5.32 Å². The Labute approximate surface area is 147 Å². The highest BCUT2D eigenvalue weighted by atomic mass is 32.2. The first-order valence-electron chi connectivity index (χ1n) is 8.59. The van der Waals surface area contributed by atoms with Crippen molar-refractivity contribution in [1.29, 1.82) is 0 Å². The van der Waals surface area contributed by atoms with Gasteiger partial charge in [-0.1, -0.05) is 6.07 Å². The number of anilines is 1. The summed E-state index contributed by atoms with van der Waals surface area (Å²) in [6.07, 6.45) is 1.98. The molecule has 4 nitrogen and oxygen atoms in total. The van der Waals surface area contributed by atoms with Gasteiger partial charge in [0.15, 0.2) is 0 Å². The van der Waals surface area contributed by atoms with Gasteiger partial charge < -0.3 is 10.6 Å². The molecule has 132 valence electrons. The molecule has 25 heavy (non-hydrogen) atoms. The zero-order valence-electron chi connectivity index (χ0n) is 14.0. The molecule has 2 aliphatic heterocycles. The Morgan fingerprint density at radius 2 is 1.92 bits per heavy atom. The Bertz CT molecular complexity index is 913. The Kier molecular flexibility index (Phi) is 4.04. The minimum atomic E-state index is -3.73. The molecule has 0 bridgehead atoms. The van der Waals surface area contributed by atoms with Crippen molar-refractivity contribution >= 4 is 15.5 Å². The van der Waals surface area contributed by atoms with Crippen LogP contribution in [0.2, 0.25) is 0 Å². The summed E-state index contributed by atoms with van der Waals surface area (Å²) in [6.45, 7) is 3.12. The minimum Gasteiger partial charge on any atom is -0.381 e. The van der Waals surface area contributed by atoms with E-state index in [2.05, 4.69) is 17.6 Å². The summed E-state index contributed by atoms with van der Waals surface area (Å²) in [7, 11) is -3.73. The van der Waals surface area contributed by atoms with Gasteiger partial charge in [-0.15, -0.1) is 0 Å². The highest BCUT2D eigenvalue weighted by Gasteiger charge is 2.35. The Morgan fingerprint density at radius 1 is 1.12 bits per heavy atom. The van der Waals surface area contributed by atoms with Crippen LogP contribution in [0, 0.1) is 5.82 Å². The predicted octanol–water partition coefficient (Wildman–Crippen LogP) is 3.31. The zero-order chi connectivity index (χ0) is 17.6. The average Bonchev–Trinajstić information content (AvgIpc) is 2.80. The summed E-state index contributed by atoms with van der Waals surface area (Å²) < 4.78 is 39.2. The zero-order valence-corrected chi connectivity index (χ0v) is 14.8. The van der Waals surface area contributed by atoms with Gasteiger partial charge in [-0.05, 0) is 68.3 Å². The number of hydrogen-bond acceptors (Lipinski definition) is 4. The van der Waals surface area contributed by atoms with Crippen LogP contribution in [0.3, 0.4) is 0 Å². The third-order valence-corrected chi connectivity index (χ3v) is 6.97. The molecule has 2 aliphatic rings. The van der Waals surface area contributed by atoms with Crippen molar-refractivity contribution in [3.63, 3.8) is 0 Å². The van der Waals surface area contributed by atoms with Gasteiger partial charge in [-0.3, -0.25) is 0 Å². The second kappa shape index (κ2) is 6.11. The molecule has 3 atom stereocenters. The molecule has 2 aromatic carbocycles. The predicted molar refractivity (Wildman–Crippen MR) is 95.1 cm³/mol. The molecule has 6 heteroatoms. The molecule has 1 fully saturated rings. The van der Waals surface area contributed by atoms with E-state index in [4.69, 9.17) is 0 Å². The third-order valence-electron chi connectivity index (χ3n) is 5.22. The number of fused-ring (bicyclic) bond motifs is 3. The maximum Gasteiger partial charge on any atom is 0.206 e. The van der Waals surface area contributed by atoms with Crippen LogP contribution in [0.25, 0.3) is 0 Å². The summed E-state index contributed by atoms with van der Waals surface area (Å²) >= 11 is 0. The SMILES string of the molecule is CC1C[C@H]2c3cc(S(=O)(=O)c4cccc(F)c4)ccc3N[C@H]2CCN1. The van der Waals surface area contributed by atoms with E-state index in [1.807, 2.05) is 6.07 Å². The van der Waals surface area contributed by atoms with Gasteiger partial charge in [-0.25, -0.2) is 12.8 Å². The lowest BCUT2D eigenvalue weighted by atomic mass is 9.89. The highest BCUT2D eigenvalue weighted by molar-refractivity contribution is 7.91. The van der Waals surface area contributed by atoms with Crippen molar-refractivity contribution in [2.45, 2.75) is 47.6 Å². The third kappa shape index (κ3) is 2.93. The second-order valence-electron chi connectivity index (χ2n) is 6.95. The lowest BCUT2D eigenvalue weighted by Crippen LogP contribution is -2.25. The molecule has 0 spiro atoms. The van der Waals surface area contributed by atoms with Crippen molar-refractivity contribution in [2.24, 2.45) is 0 Å². The van der Waals surface area contributed by atoms with Crippen LogP contribution >= 0.6 is 0 Å². The van der Waals surface area contributed by atoms with Gasteiger partial charge in [-0.2, -0.15) is 0 Å². The van der Waals surface area contributed by atoms with Crippen LogP contribution < -0.4 is 10.6 Å². The van der Waals surface area contributed by atoms with Crippen molar-refractivity contribution in [3.8, 4) is 0 Å². The van der Waals surface area contributed by atoms with E-state index in [0.29, 0.717) is 18.0 Å². The molecule has 4 rings (SSSR count). The van der Waals surface area contributed by atoms with Crippen molar-refractivity contribution in [2.75, 3.05) is 11.9 Å². The van der Waals surface area contributed by atoms with Gasteiger partial charge in [0.1, 0.15) is 5.82 Å². The quantitative estimate of drug-likeness (QED) is 0.863. The fourth-order valence-corrected chi connectivity index (χ4v) is 5.27. The first kappa shape index (κ1) is 16.5. The second-order valence-corrected chi connectivity index (χ2v) is 8.90. The van der Waals surface area contributed by atoms with E-state index in [1.165, 1.54) is 18.2 Å². The van der Waals surface area contributed by atoms with Gasteiger partial charge in [0.2, 0.25) is 9.84 Å². The summed E-state index contributed by atoms with van der Waals surface area (Å²) in [5.74, 6) is -0.254. The Hall–Kier alpha value is -1.92. The van der Waals surface area contributed by atoms with E-state index in [-0.39, 0.29) is 9.79 Å². The van der Waals surface area contributed by atoms with Gasteiger partial charge in [0.25, 0.3) is 0 Å². The van der Waals surface area contributed by atoms with E-state index in [0.717, 1.165) is 36.7 Å². The number of rotatable bonds is 2. The van der Waals surface area contributed by atoms with Crippen LogP contribution in [0.5, 0.6) is 0 Å². The molecule has 0 saturated carbocycles. The lowest BCUT2D eigenvalue weighted by molar-refractivity contribution is 0.511. The number of halogens is 1. The molecule has 0 aliphatic carbocycles. The molecule has 0 aromatic heterocycles. The largest absolute Gasteiger partial charge is 0.381 e. The fraction of sp³-hybridized carbons (Fsp3) is 0.368. The molecule has 2 heterocycles. The van der Waals surface area contributed by atoms with Crippen LogP contribution in [0.1, 0.15) is 31.2 Å². The standard InChI is InChI=1S/C19H21FN2O2S/c1-12-9-16-17-11-15(5-6-18(17)22-19(16)7-8-21-12)25(23,24)14-4-2-3-13(20)10-14/h2-6,10-12,16,19,21-22H,7-9H2,1H3/t12?,16-,19-/m0/s1. The summed E-state index contributed by atoms with van der Waals surface area (Å²) in [6, 6.07) is 11.1. The Balaban J connectivity index is 1.75. The Morgan fingerprint density at radius 3 is 2.72 bits per heavy atom. The number of benzene rings is 2. The van der Waals surface area contributed by atoms with Crippen molar-refractivity contribution < 1.29 is 12.8 Å². The number of hydrogen-bond donors (Lipinski definition) is 2. The molecule has 2 aromatic rings. The van der Waals surface area contributed by atoms with Crippen molar-refractivity contribution in [3.05, 3.63) is 53.8 Å². The van der Waals surface area contributed by atoms with E-state index >= 15 is 0 Å². The number of nitrogens with one attached hydrogen (secondary N) is 2. The molecule has 2 N–H and O–H groups in total. The molecule has 0 radical (unpaired) electrons. The van der Waals surface area contributed by atoms with Crippen LogP contribution in [0.4, 0.5) is 10.1 Å². The molecular formula is C19H21FN2O2S. The van der Waals surface area contributed by atoms with E-state index in [9.17, 15) is 12.8 Å². The van der Waals surface area contributed by atoms with E-state index in [1.54, 1.807) is 12.1 Å². The maximum absolute atomic E-state index is 13.5. The van der Waals surface area contributed by atoms with Crippen LogP contribution in [-0.2, 0) is 9.84 Å². The summed E-state index contributed by atoms with van der Waals surface area (Å²) in [5.41, 5.74) is 2.07. The average molecular weight is 360 g/mol.